The number of carboxylic acids is 1. The lowest BCUT2D eigenvalue weighted by Crippen LogP contribution is -2.44. The average Bonchev–Trinajstić information content (AvgIpc) is 2.32. The van der Waals surface area contributed by atoms with Gasteiger partial charge in [-0.05, 0) is 5.41 Å². The van der Waals surface area contributed by atoms with E-state index in [4.69, 9.17) is 0 Å². The first-order valence-corrected chi connectivity index (χ1v) is 7.73. The molecule has 0 aromatic heterocycles. The van der Waals surface area contributed by atoms with E-state index in [0.717, 1.165) is 23.9 Å². The van der Waals surface area contributed by atoms with Crippen molar-refractivity contribution in [3.05, 3.63) is 0 Å². The molecule has 0 saturated heterocycles. The lowest BCUT2D eigenvalue weighted by molar-refractivity contribution is -0.870. The van der Waals surface area contributed by atoms with Crippen LogP contribution in [-0.2, 0) is 9.59 Å². The molecule has 0 saturated carbocycles. The van der Waals surface area contributed by atoms with Gasteiger partial charge in [0, 0.05) is 18.9 Å². The van der Waals surface area contributed by atoms with E-state index in [2.05, 4.69) is 26.5 Å². The van der Waals surface area contributed by atoms with Gasteiger partial charge >= 0.3 is 5.97 Å². The first kappa shape index (κ1) is 19.9. The van der Waals surface area contributed by atoms with Gasteiger partial charge in [0.2, 0.25) is 5.91 Å². The average molecular weight is 301 g/mol. The topological polar surface area (TPSA) is 66.4 Å². The highest BCUT2D eigenvalue weighted by Gasteiger charge is 2.40. The van der Waals surface area contributed by atoms with Crippen LogP contribution in [-0.4, -0.2) is 55.7 Å². The number of nitrogens with zero attached hydrogens (tertiary/aromatic N) is 1. The van der Waals surface area contributed by atoms with Gasteiger partial charge < -0.3 is 14.9 Å². The molecule has 0 aromatic carbocycles. The summed E-state index contributed by atoms with van der Waals surface area (Å²) in [5.74, 6) is -2.25. The Morgan fingerprint density at radius 2 is 1.76 bits per heavy atom. The first-order chi connectivity index (χ1) is 9.42. The van der Waals surface area contributed by atoms with Gasteiger partial charge in [-0.3, -0.25) is 9.59 Å². The van der Waals surface area contributed by atoms with E-state index in [1.807, 2.05) is 20.8 Å². The zero-order chi connectivity index (χ0) is 16.8. The summed E-state index contributed by atoms with van der Waals surface area (Å²) < 4.78 is 0.853. The normalized spacial score (nSPS) is 15.4. The second-order valence-electron chi connectivity index (χ2n) is 7.61. The third kappa shape index (κ3) is 6.93. The number of quaternary nitrogens is 1. The van der Waals surface area contributed by atoms with Crippen LogP contribution in [0.4, 0.5) is 0 Å². The van der Waals surface area contributed by atoms with Gasteiger partial charge in [0.1, 0.15) is 0 Å². The maximum absolute atomic E-state index is 12.2. The monoisotopic (exact) mass is 301 g/mol. The second kappa shape index (κ2) is 7.78. The van der Waals surface area contributed by atoms with Crippen molar-refractivity contribution in [2.24, 2.45) is 17.3 Å². The second-order valence-corrected chi connectivity index (χ2v) is 7.61. The van der Waals surface area contributed by atoms with Crippen LogP contribution in [0, 0.1) is 17.3 Å². The number of rotatable bonds is 9. The molecule has 0 aliphatic carbocycles. The summed E-state index contributed by atoms with van der Waals surface area (Å²) in [6.45, 7) is 9.06. The molecule has 5 nitrogen and oxygen atoms in total. The maximum Gasteiger partial charge on any atom is 0.307 e. The Morgan fingerprint density at radius 3 is 2.14 bits per heavy atom. The maximum atomic E-state index is 12.2. The molecule has 124 valence electrons. The predicted molar refractivity (Wildman–Crippen MR) is 84.9 cm³/mol. The van der Waals surface area contributed by atoms with Gasteiger partial charge in [-0.1, -0.05) is 34.1 Å². The third-order valence-electron chi connectivity index (χ3n) is 4.24. The molecular formula is C16H33N2O3+. The van der Waals surface area contributed by atoms with Crippen molar-refractivity contribution in [2.75, 3.05) is 34.2 Å². The minimum absolute atomic E-state index is 0.162. The van der Waals surface area contributed by atoms with E-state index in [0.29, 0.717) is 6.54 Å². The van der Waals surface area contributed by atoms with E-state index in [-0.39, 0.29) is 5.91 Å². The molecule has 0 aliphatic heterocycles. The molecule has 0 radical (unpaired) electrons. The molecule has 2 N–H and O–H groups in total. The van der Waals surface area contributed by atoms with Gasteiger partial charge in [0.25, 0.3) is 0 Å². The van der Waals surface area contributed by atoms with Crippen LogP contribution in [0.15, 0.2) is 0 Å². The number of hydrogen-bond acceptors (Lipinski definition) is 2. The molecule has 0 aliphatic rings. The summed E-state index contributed by atoms with van der Waals surface area (Å²) in [6.07, 6.45) is 1.61. The van der Waals surface area contributed by atoms with Crippen LogP contribution in [0.5, 0.6) is 0 Å². The van der Waals surface area contributed by atoms with Crippen molar-refractivity contribution < 1.29 is 19.2 Å². The third-order valence-corrected chi connectivity index (χ3v) is 4.24. The largest absolute Gasteiger partial charge is 0.481 e. The lowest BCUT2D eigenvalue weighted by Gasteiger charge is -2.34. The Bertz CT molecular complexity index is 359. The number of nitrogens with one attached hydrogen (secondary N) is 1. The molecule has 0 spiro atoms. The van der Waals surface area contributed by atoms with E-state index < -0.39 is 23.2 Å². The van der Waals surface area contributed by atoms with Gasteiger partial charge in [0.05, 0.1) is 33.6 Å². The SMILES string of the molecule is CCC(C)(C)C(C(=O)O)C(C)C(=O)NCCC[N+](C)(C)C. The zero-order valence-corrected chi connectivity index (χ0v) is 14.7. The molecule has 0 heterocycles. The quantitative estimate of drug-likeness (QED) is 0.505. The van der Waals surface area contributed by atoms with Crippen molar-refractivity contribution >= 4 is 11.9 Å². The summed E-state index contributed by atoms with van der Waals surface area (Å²) >= 11 is 0. The minimum Gasteiger partial charge on any atom is -0.481 e. The molecule has 1 amide bonds. The fourth-order valence-electron chi connectivity index (χ4n) is 2.52. The summed E-state index contributed by atoms with van der Waals surface area (Å²) in [6, 6.07) is 0. The minimum atomic E-state index is -0.893. The Hall–Kier alpha value is -1.10. The molecule has 0 fully saturated rings. The molecule has 21 heavy (non-hydrogen) atoms. The number of amides is 1. The van der Waals surface area contributed by atoms with Crippen LogP contribution in [0.1, 0.15) is 40.5 Å². The zero-order valence-electron chi connectivity index (χ0n) is 14.7. The van der Waals surface area contributed by atoms with E-state index in [1.54, 1.807) is 6.92 Å². The van der Waals surface area contributed by atoms with Crippen LogP contribution in [0.25, 0.3) is 0 Å². The molecule has 0 rings (SSSR count). The Morgan fingerprint density at radius 1 is 1.24 bits per heavy atom. The molecule has 2 atom stereocenters. The lowest BCUT2D eigenvalue weighted by atomic mass is 9.70. The van der Waals surface area contributed by atoms with Crippen LogP contribution in [0.3, 0.4) is 0 Å². The highest BCUT2D eigenvalue weighted by atomic mass is 16.4. The number of aliphatic carboxylic acids is 1. The van der Waals surface area contributed by atoms with Gasteiger partial charge in [0.15, 0.2) is 0 Å². The first-order valence-electron chi connectivity index (χ1n) is 7.73. The van der Waals surface area contributed by atoms with Crippen LogP contribution in [0.2, 0.25) is 0 Å². The highest BCUT2D eigenvalue weighted by Crippen LogP contribution is 2.36. The molecular weight excluding hydrogens is 268 g/mol. The molecule has 2 unspecified atom stereocenters. The summed E-state index contributed by atoms with van der Waals surface area (Å²) in [4.78, 5) is 23.7. The Labute approximate surface area is 129 Å². The fourth-order valence-corrected chi connectivity index (χ4v) is 2.52. The van der Waals surface area contributed by atoms with E-state index in [1.165, 1.54) is 0 Å². The molecule has 0 aromatic rings. The Balaban J connectivity index is 4.56. The fraction of sp³-hybridized carbons (Fsp3) is 0.875. The van der Waals surface area contributed by atoms with Crippen molar-refractivity contribution in [1.29, 1.82) is 0 Å². The highest BCUT2D eigenvalue weighted by molar-refractivity contribution is 5.84. The van der Waals surface area contributed by atoms with Gasteiger partial charge in [-0.15, -0.1) is 0 Å². The van der Waals surface area contributed by atoms with Crippen molar-refractivity contribution in [2.45, 2.75) is 40.5 Å². The van der Waals surface area contributed by atoms with Crippen molar-refractivity contribution in [1.82, 2.24) is 5.32 Å². The standard InChI is InChI=1S/C16H32N2O3/c1-8-16(3,4)13(15(20)21)12(2)14(19)17-10-9-11-18(5,6)7/h12-13H,8-11H2,1-7H3,(H-,17,19,20,21)/p+1. The van der Waals surface area contributed by atoms with E-state index >= 15 is 0 Å². The summed E-state index contributed by atoms with van der Waals surface area (Å²) in [7, 11) is 6.32. The number of carbonyl (C=O) groups excluding carboxylic acids is 1. The Kier molecular flexibility index (Phi) is 7.37. The molecule has 0 bridgehead atoms. The van der Waals surface area contributed by atoms with Crippen LogP contribution < -0.4 is 5.32 Å². The van der Waals surface area contributed by atoms with Crippen molar-refractivity contribution in [3.63, 3.8) is 0 Å². The summed E-state index contributed by atoms with van der Waals surface area (Å²) in [5.41, 5.74) is -0.398. The van der Waals surface area contributed by atoms with Crippen LogP contribution >= 0.6 is 0 Å². The molecule has 5 heteroatoms. The van der Waals surface area contributed by atoms with Crippen molar-refractivity contribution in [3.8, 4) is 0 Å². The van der Waals surface area contributed by atoms with Gasteiger partial charge in [-0.25, -0.2) is 0 Å². The smallest absolute Gasteiger partial charge is 0.307 e. The van der Waals surface area contributed by atoms with Gasteiger partial charge in [-0.2, -0.15) is 0 Å². The number of carboxylic acid groups (broad SMARTS) is 1. The van der Waals surface area contributed by atoms with E-state index in [9.17, 15) is 14.7 Å². The number of hydrogen-bond donors (Lipinski definition) is 2. The summed E-state index contributed by atoms with van der Waals surface area (Å²) in [5, 5.41) is 12.3. The predicted octanol–water partition coefficient (Wildman–Crippen LogP) is 1.97. The number of carbonyl (C=O) groups is 2.